The first kappa shape index (κ1) is 9.19. The SMILES string of the molecule is CSc1c(F)cc(C=O)cc1F. The smallest absolute Gasteiger partial charge is 0.150 e. The van der Waals surface area contributed by atoms with Crippen molar-refractivity contribution in [2.24, 2.45) is 0 Å². The van der Waals surface area contributed by atoms with Crippen LogP contribution in [0.15, 0.2) is 17.0 Å². The highest BCUT2D eigenvalue weighted by atomic mass is 32.2. The van der Waals surface area contributed by atoms with Gasteiger partial charge in [0.25, 0.3) is 0 Å². The molecule has 1 nitrogen and oxygen atoms in total. The Kier molecular flexibility index (Phi) is 2.81. The number of aldehydes is 1. The zero-order valence-corrected chi connectivity index (χ0v) is 7.12. The lowest BCUT2D eigenvalue weighted by Crippen LogP contribution is -1.90. The average molecular weight is 188 g/mol. The fraction of sp³-hybridized carbons (Fsp3) is 0.125. The molecule has 0 unspecified atom stereocenters. The third kappa shape index (κ3) is 1.64. The van der Waals surface area contributed by atoms with Gasteiger partial charge in [-0.05, 0) is 18.4 Å². The summed E-state index contributed by atoms with van der Waals surface area (Å²) < 4.78 is 25.8. The number of hydrogen-bond donors (Lipinski definition) is 0. The molecule has 1 rings (SSSR count). The molecule has 0 saturated heterocycles. The molecule has 0 aliphatic heterocycles. The minimum atomic E-state index is -0.690. The maximum Gasteiger partial charge on any atom is 0.150 e. The van der Waals surface area contributed by atoms with Gasteiger partial charge in [-0.3, -0.25) is 4.79 Å². The molecule has 0 aromatic heterocycles. The van der Waals surface area contributed by atoms with Crippen LogP contribution in [0.2, 0.25) is 0 Å². The van der Waals surface area contributed by atoms with Gasteiger partial charge >= 0.3 is 0 Å². The summed E-state index contributed by atoms with van der Waals surface area (Å²) in [6.45, 7) is 0. The molecule has 0 bridgehead atoms. The van der Waals surface area contributed by atoms with E-state index in [-0.39, 0.29) is 10.5 Å². The normalized spacial score (nSPS) is 9.92. The first-order chi connectivity index (χ1) is 5.69. The van der Waals surface area contributed by atoms with E-state index in [1.807, 2.05) is 0 Å². The fourth-order valence-corrected chi connectivity index (χ4v) is 1.35. The monoisotopic (exact) mass is 188 g/mol. The van der Waals surface area contributed by atoms with Crippen molar-refractivity contribution in [1.82, 2.24) is 0 Å². The van der Waals surface area contributed by atoms with Gasteiger partial charge in [0.05, 0.1) is 4.90 Å². The number of benzene rings is 1. The molecule has 1 aromatic rings. The molecule has 12 heavy (non-hydrogen) atoms. The van der Waals surface area contributed by atoms with E-state index in [9.17, 15) is 13.6 Å². The van der Waals surface area contributed by atoms with Crippen molar-refractivity contribution < 1.29 is 13.6 Å². The molecule has 0 radical (unpaired) electrons. The number of carbonyl (C=O) groups is 1. The van der Waals surface area contributed by atoms with Crippen LogP contribution in [0.5, 0.6) is 0 Å². The summed E-state index contributed by atoms with van der Waals surface area (Å²) in [5, 5.41) is 0. The van der Waals surface area contributed by atoms with E-state index in [0.29, 0.717) is 6.29 Å². The zero-order valence-electron chi connectivity index (χ0n) is 6.30. The van der Waals surface area contributed by atoms with Crippen molar-refractivity contribution in [3.8, 4) is 0 Å². The maximum atomic E-state index is 12.9. The van der Waals surface area contributed by atoms with Crippen LogP contribution in [0, 0.1) is 11.6 Å². The molecule has 0 atom stereocenters. The second-order valence-electron chi connectivity index (χ2n) is 2.14. The number of thioether (sulfide) groups is 1. The Hall–Kier alpha value is -0.900. The van der Waals surface area contributed by atoms with E-state index >= 15 is 0 Å². The second-order valence-corrected chi connectivity index (χ2v) is 2.95. The second kappa shape index (κ2) is 3.67. The van der Waals surface area contributed by atoms with Gasteiger partial charge in [0.1, 0.15) is 17.9 Å². The summed E-state index contributed by atoms with van der Waals surface area (Å²) >= 11 is 0.975. The van der Waals surface area contributed by atoms with Gasteiger partial charge in [0.15, 0.2) is 0 Å². The summed E-state index contributed by atoms with van der Waals surface area (Å²) in [5.74, 6) is -1.38. The molecule has 0 heterocycles. The van der Waals surface area contributed by atoms with Gasteiger partial charge in [-0.15, -0.1) is 11.8 Å². The van der Waals surface area contributed by atoms with E-state index in [0.717, 1.165) is 23.9 Å². The van der Waals surface area contributed by atoms with Gasteiger partial charge in [-0.2, -0.15) is 0 Å². The maximum absolute atomic E-state index is 12.9. The van der Waals surface area contributed by atoms with E-state index in [1.165, 1.54) is 0 Å². The Bertz CT molecular complexity index is 289. The van der Waals surface area contributed by atoms with Crippen LogP contribution in [0.4, 0.5) is 8.78 Å². The van der Waals surface area contributed by atoms with Crippen LogP contribution in [0.1, 0.15) is 10.4 Å². The predicted molar refractivity (Wildman–Crippen MR) is 43.5 cm³/mol. The van der Waals surface area contributed by atoms with Gasteiger partial charge in [0, 0.05) is 5.56 Å². The number of rotatable bonds is 2. The van der Waals surface area contributed by atoms with Crippen LogP contribution in [-0.4, -0.2) is 12.5 Å². The lowest BCUT2D eigenvalue weighted by Gasteiger charge is -2.00. The van der Waals surface area contributed by atoms with Crippen molar-refractivity contribution in [3.63, 3.8) is 0 Å². The highest BCUT2D eigenvalue weighted by molar-refractivity contribution is 7.98. The van der Waals surface area contributed by atoms with Crippen LogP contribution < -0.4 is 0 Å². The third-order valence-electron chi connectivity index (χ3n) is 1.36. The summed E-state index contributed by atoms with van der Waals surface area (Å²) in [5.41, 5.74) is 0.0165. The average Bonchev–Trinajstić information content (AvgIpc) is 2.03. The first-order valence-electron chi connectivity index (χ1n) is 3.17. The molecule has 0 amide bonds. The lowest BCUT2D eigenvalue weighted by atomic mass is 10.2. The Labute approximate surface area is 72.8 Å². The molecule has 0 aliphatic carbocycles. The summed E-state index contributed by atoms with van der Waals surface area (Å²) in [6.07, 6.45) is 1.98. The van der Waals surface area contributed by atoms with E-state index in [2.05, 4.69) is 0 Å². The summed E-state index contributed by atoms with van der Waals surface area (Å²) in [6, 6.07) is 2.03. The van der Waals surface area contributed by atoms with Gasteiger partial charge in [-0.1, -0.05) is 0 Å². The molecule has 1 aromatic carbocycles. The quantitative estimate of drug-likeness (QED) is 0.524. The molecule has 0 N–H and O–H groups in total. The topological polar surface area (TPSA) is 17.1 Å². The third-order valence-corrected chi connectivity index (χ3v) is 2.16. The number of carbonyl (C=O) groups excluding carboxylic acids is 1. The standard InChI is InChI=1S/C8H6F2OS/c1-12-8-6(9)2-5(4-11)3-7(8)10/h2-4H,1H3. The molecular weight excluding hydrogens is 182 g/mol. The fourth-order valence-electron chi connectivity index (χ4n) is 0.843. The van der Waals surface area contributed by atoms with Gasteiger partial charge in [0.2, 0.25) is 0 Å². The van der Waals surface area contributed by atoms with E-state index in [4.69, 9.17) is 0 Å². The van der Waals surface area contributed by atoms with Crippen molar-refractivity contribution in [2.75, 3.05) is 6.26 Å². The largest absolute Gasteiger partial charge is 0.298 e. The molecule has 0 fully saturated rings. The predicted octanol–water partition coefficient (Wildman–Crippen LogP) is 2.50. The van der Waals surface area contributed by atoms with Crippen LogP contribution in [0.3, 0.4) is 0 Å². The van der Waals surface area contributed by atoms with E-state index < -0.39 is 11.6 Å². The van der Waals surface area contributed by atoms with Crippen LogP contribution in [-0.2, 0) is 0 Å². The van der Waals surface area contributed by atoms with Crippen LogP contribution in [0.25, 0.3) is 0 Å². The summed E-state index contributed by atoms with van der Waals surface area (Å²) in [7, 11) is 0. The first-order valence-corrected chi connectivity index (χ1v) is 4.39. The molecule has 0 saturated carbocycles. The number of halogens is 2. The molecular formula is C8H6F2OS. The van der Waals surface area contributed by atoms with Crippen LogP contribution >= 0.6 is 11.8 Å². The van der Waals surface area contributed by atoms with E-state index in [1.54, 1.807) is 6.26 Å². The minimum Gasteiger partial charge on any atom is -0.298 e. The highest BCUT2D eigenvalue weighted by Crippen LogP contribution is 2.23. The Morgan fingerprint density at radius 1 is 1.33 bits per heavy atom. The Balaban J connectivity index is 3.27. The minimum absolute atomic E-state index is 0.0165. The van der Waals surface area contributed by atoms with Gasteiger partial charge < -0.3 is 0 Å². The molecule has 4 heteroatoms. The van der Waals surface area contributed by atoms with Crippen molar-refractivity contribution in [3.05, 3.63) is 29.3 Å². The molecule has 0 spiro atoms. The Morgan fingerprint density at radius 3 is 2.17 bits per heavy atom. The highest BCUT2D eigenvalue weighted by Gasteiger charge is 2.08. The Morgan fingerprint density at radius 2 is 1.83 bits per heavy atom. The zero-order chi connectivity index (χ0) is 9.14. The van der Waals surface area contributed by atoms with Crippen molar-refractivity contribution in [1.29, 1.82) is 0 Å². The van der Waals surface area contributed by atoms with Crippen molar-refractivity contribution >= 4 is 18.0 Å². The molecule has 0 aliphatic rings. The van der Waals surface area contributed by atoms with Gasteiger partial charge in [-0.25, -0.2) is 8.78 Å². The van der Waals surface area contributed by atoms with Crippen molar-refractivity contribution in [2.45, 2.75) is 4.90 Å². The molecule has 64 valence electrons. The summed E-state index contributed by atoms with van der Waals surface area (Å²) in [4.78, 5) is 10.1. The lowest BCUT2D eigenvalue weighted by molar-refractivity contribution is 0.112. The number of hydrogen-bond acceptors (Lipinski definition) is 2.